The minimum Gasteiger partial charge on any atom is -0.363 e. The lowest BCUT2D eigenvalue weighted by atomic mass is 10.1. The van der Waals surface area contributed by atoms with Crippen molar-refractivity contribution in [2.75, 3.05) is 18.0 Å². The number of anilines is 1. The van der Waals surface area contributed by atoms with Gasteiger partial charge in [-0.2, -0.15) is 9.57 Å². The second-order valence-electron chi connectivity index (χ2n) is 8.04. The molecule has 0 aliphatic carbocycles. The van der Waals surface area contributed by atoms with Crippen molar-refractivity contribution in [3.05, 3.63) is 99.5 Å². The Bertz CT molecular complexity index is 1280. The normalized spacial score (nSPS) is 16.5. The molecule has 3 aromatic carbocycles. The van der Waals surface area contributed by atoms with Crippen LogP contribution >= 0.6 is 23.2 Å². The van der Waals surface area contributed by atoms with Gasteiger partial charge in [-0.1, -0.05) is 71.7 Å². The first-order valence-electron chi connectivity index (χ1n) is 10.6. The fourth-order valence-electron chi connectivity index (χ4n) is 4.11. The molecule has 0 unspecified atom stereocenters. The summed E-state index contributed by atoms with van der Waals surface area (Å²) in [5.74, 6) is -0.0201. The molecule has 1 heterocycles. The highest BCUT2D eigenvalue weighted by Gasteiger charge is 2.35. The molecule has 8 heteroatoms. The van der Waals surface area contributed by atoms with Crippen LogP contribution in [0.15, 0.2) is 72.8 Å². The first-order chi connectivity index (χ1) is 15.9. The number of nitrogens with zero attached hydrogens (tertiary/aromatic N) is 3. The van der Waals surface area contributed by atoms with Gasteiger partial charge in [0.25, 0.3) is 0 Å². The molecule has 0 spiro atoms. The number of halogens is 2. The van der Waals surface area contributed by atoms with Crippen LogP contribution in [0.5, 0.6) is 0 Å². The van der Waals surface area contributed by atoms with Gasteiger partial charge in [0.15, 0.2) is 0 Å². The van der Waals surface area contributed by atoms with E-state index in [4.69, 9.17) is 23.2 Å². The zero-order valence-corrected chi connectivity index (χ0v) is 20.2. The lowest BCUT2D eigenvalue weighted by Crippen LogP contribution is -2.39. The zero-order valence-electron chi connectivity index (χ0n) is 17.9. The monoisotopic (exact) mass is 499 g/mol. The molecule has 0 bridgehead atoms. The average molecular weight is 500 g/mol. The minimum atomic E-state index is -3.45. The molecular formula is C25H23Cl2N3O2S. The quantitative estimate of drug-likeness (QED) is 0.431. The van der Waals surface area contributed by atoms with Crippen molar-refractivity contribution in [2.24, 2.45) is 0 Å². The van der Waals surface area contributed by atoms with Gasteiger partial charge in [-0.05, 0) is 41.8 Å². The van der Waals surface area contributed by atoms with Crippen LogP contribution in [0.2, 0.25) is 10.0 Å². The molecule has 0 radical (unpaired) electrons. The number of nitriles is 1. The van der Waals surface area contributed by atoms with Crippen LogP contribution in [0.25, 0.3) is 0 Å². The third-order valence-electron chi connectivity index (χ3n) is 5.86. The summed E-state index contributed by atoms with van der Waals surface area (Å²) in [7, 11) is -3.45. The van der Waals surface area contributed by atoms with E-state index >= 15 is 0 Å². The number of hydrogen-bond acceptors (Lipinski definition) is 4. The lowest BCUT2D eigenvalue weighted by molar-refractivity contribution is 0.467. The Hall–Kier alpha value is -2.56. The molecule has 3 aromatic rings. The number of sulfonamides is 1. The maximum atomic E-state index is 13.1. The highest BCUT2D eigenvalue weighted by molar-refractivity contribution is 7.88. The molecule has 1 fully saturated rings. The predicted molar refractivity (Wildman–Crippen MR) is 133 cm³/mol. The van der Waals surface area contributed by atoms with Crippen LogP contribution < -0.4 is 4.90 Å². The van der Waals surface area contributed by atoms with Crippen molar-refractivity contribution < 1.29 is 8.42 Å². The Morgan fingerprint density at radius 3 is 2.42 bits per heavy atom. The van der Waals surface area contributed by atoms with Gasteiger partial charge in [0.1, 0.15) is 6.07 Å². The van der Waals surface area contributed by atoms with E-state index in [9.17, 15) is 13.7 Å². The van der Waals surface area contributed by atoms with Gasteiger partial charge >= 0.3 is 0 Å². The Balaban J connectivity index is 1.60. The number of hydrogen-bond donors (Lipinski definition) is 0. The largest absolute Gasteiger partial charge is 0.363 e. The molecular weight excluding hydrogens is 477 g/mol. The Morgan fingerprint density at radius 1 is 1.00 bits per heavy atom. The molecule has 1 aliphatic heterocycles. The number of rotatable bonds is 7. The van der Waals surface area contributed by atoms with E-state index in [0.29, 0.717) is 41.7 Å². The highest BCUT2D eigenvalue weighted by Crippen LogP contribution is 2.31. The van der Waals surface area contributed by atoms with Crippen LogP contribution in [0, 0.1) is 11.3 Å². The first-order valence-corrected chi connectivity index (χ1v) is 13.0. The second kappa shape index (κ2) is 10.1. The van der Waals surface area contributed by atoms with Gasteiger partial charge in [0, 0.05) is 36.4 Å². The molecule has 1 atom stereocenters. The second-order valence-corrected chi connectivity index (χ2v) is 10.8. The van der Waals surface area contributed by atoms with E-state index in [-0.39, 0.29) is 11.8 Å². The molecule has 5 nitrogen and oxygen atoms in total. The summed E-state index contributed by atoms with van der Waals surface area (Å²) < 4.78 is 27.7. The van der Waals surface area contributed by atoms with Crippen molar-refractivity contribution in [3.8, 4) is 6.07 Å². The summed E-state index contributed by atoms with van der Waals surface area (Å²) in [6.07, 6.45) is 0.677. The van der Waals surface area contributed by atoms with Crippen molar-refractivity contribution in [3.63, 3.8) is 0 Å². The summed E-state index contributed by atoms with van der Waals surface area (Å²) in [6.45, 7) is 1.32. The maximum absolute atomic E-state index is 13.1. The van der Waals surface area contributed by atoms with E-state index in [1.807, 2.05) is 60.7 Å². The Kier molecular flexibility index (Phi) is 7.26. The molecule has 0 N–H and O–H groups in total. The van der Waals surface area contributed by atoms with E-state index in [2.05, 4.69) is 11.0 Å². The molecule has 0 saturated carbocycles. The third kappa shape index (κ3) is 5.51. The van der Waals surface area contributed by atoms with Gasteiger partial charge < -0.3 is 4.90 Å². The standard InChI is InChI=1S/C25H23Cl2N3O2S/c26-24-9-5-4-8-21(24)16-30(22-11-10-20(15-28)25(27)14-22)23-12-13-29(17-23)33(31,32)18-19-6-2-1-3-7-19/h1-11,14,23H,12-13,16-18H2/t23-/m0/s1. The smallest absolute Gasteiger partial charge is 0.218 e. The van der Waals surface area contributed by atoms with Crippen molar-refractivity contribution >= 4 is 38.9 Å². The zero-order chi connectivity index (χ0) is 23.4. The van der Waals surface area contributed by atoms with Crippen LogP contribution in [0.3, 0.4) is 0 Å². The van der Waals surface area contributed by atoms with Gasteiger partial charge in [0.2, 0.25) is 10.0 Å². The maximum Gasteiger partial charge on any atom is 0.218 e. The summed E-state index contributed by atoms with van der Waals surface area (Å²) >= 11 is 12.8. The average Bonchev–Trinajstić information content (AvgIpc) is 3.30. The number of benzene rings is 3. The highest BCUT2D eigenvalue weighted by atomic mass is 35.5. The van der Waals surface area contributed by atoms with Crippen molar-refractivity contribution in [1.29, 1.82) is 5.26 Å². The topological polar surface area (TPSA) is 64.4 Å². The van der Waals surface area contributed by atoms with E-state index in [0.717, 1.165) is 16.8 Å². The third-order valence-corrected chi connectivity index (χ3v) is 8.35. The summed E-state index contributed by atoms with van der Waals surface area (Å²) in [6, 6.07) is 24.1. The molecule has 33 heavy (non-hydrogen) atoms. The van der Waals surface area contributed by atoms with Crippen LogP contribution in [-0.2, 0) is 22.3 Å². The fraction of sp³-hybridized carbons (Fsp3) is 0.240. The molecule has 0 aromatic heterocycles. The fourth-order valence-corrected chi connectivity index (χ4v) is 6.10. The molecule has 170 valence electrons. The van der Waals surface area contributed by atoms with E-state index in [1.165, 1.54) is 0 Å². The van der Waals surface area contributed by atoms with Crippen LogP contribution in [-0.4, -0.2) is 31.9 Å². The van der Waals surface area contributed by atoms with Crippen molar-refractivity contribution in [1.82, 2.24) is 4.31 Å². The summed E-state index contributed by atoms with van der Waals surface area (Å²) in [4.78, 5) is 2.13. The summed E-state index contributed by atoms with van der Waals surface area (Å²) in [5.41, 5.74) is 2.93. The Morgan fingerprint density at radius 2 is 1.73 bits per heavy atom. The SMILES string of the molecule is N#Cc1ccc(N(Cc2ccccc2Cl)[C@H]2CCN(S(=O)(=O)Cc3ccccc3)C2)cc1Cl. The summed E-state index contributed by atoms with van der Waals surface area (Å²) in [5, 5.41) is 10.3. The van der Waals surface area contributed by atoms with E-state index < -0.39 is 10.0 Å². The minimum absolute atomic E-state index is 0.0201. The molecule has 0 amide bonds. The van der Waals surface area contributed by atoms with Crippen LogP contribution in [0.4, 0.5) is 5.69 Å². The first kappa shape index (κ1) is 23.6. The molecule has 4 rings (SSSR count). The Labute approximate surface area is 204 Å². The van der Waals surface area contributed by atoms with Gasteiger partial charge in [0.05, 0.1) is 16.3 Å². The van der Waals surface area contributed by atoms with Gasteiger partial charge in [-0.3, -0.25) is 0 Å². The van der Waals surface area contributed by atoms with Crippen LogP contribution in [0.1, 0.15) is 23.1 Å². The van der Waals surface area contributed by atoms with Gasteiger partial charge in [-0.25, -0.2) is 8.42 Å². The molecule has 1 saturated heterocycles. The predicted octanol–water partition coefficient (Wildman–Crippen LogP) is 5.48. The van der Waals surface area contributed by atoms with Gasteiger partial charge in [-0.15, -0.1) is 0 Å². The lowest BCUT2D eigenvalue weighted by Gasteiger charge is -2.32. The molecule has 1 aliphatic rings. The van der Waals surface area contributed by atoms with Crippen molar-refractivity contribution in [2.45, 2.75) is 24.8 Å². The van der Waals surface area contributed by atoms with E-state index in [1.54, 1.807) is 16.4 Å².